The highest BCUT2D eigenvalue weighted by molar-refractivity contribution is 7.09. The standard InChI is InChI=1S/C18H23F3N4OS/c1-12(2)26-10-14-6-4-5-13(7-14)8-23-17(22-3)24-9-16-25-15(11-27-16)18(19,20)21/h4-7,11-12H,8-10H2,1-3H3,(H2,22,23,24). The van der Waals surface area contributed by atoms with Crippen LogP contribution in [0.4, 0.5) is 13.2 Å². The second kappa shape index (κ2) is 9.70. The van der Waals surface area contributed by atoms with Gasteiger partial charge in [-0.2, -0.15) is 13.2 Å². The number of guanidine groups is 1. The fourth-order valence-corrected chi connectivity index (χ4v) is 2.92. The van der Waals surface area contributed by atoms with Crippen LogP contribution in [0.5, 0.6) is 0 Å². The molecule has 1 aromatic heterocycles. The zero-order chi connectivity index (χ0) is 19.9. The molecule has 0 saturated heterocycles. The minimum absolute atomic E-state index is 0.165. The zero-order valence-corrected chi connectivity index (χ0v) is 16.2. The number of hydrogen-bond acceptors (Lipinski definition) is 4. The number of halogens is 3. The van der Waals surface area contributed by atoms with Gasteiger partial charge in [-0.05, 0) is 25.0 Å². The topological polar surface area (TPSA) is 58.5 Å². The van der Waals surface area contributed by atoms with Crippen LogP contribution in [0.2, 0.25) is 0 Å². The minimum atomic E-state index is -4.42. The highest BCUT2D eigenvalue weighted by Gasteiger charge is 2.33. The molecule has 2 aromatic rings. The van der Waals surface area contributed by atoms with Gasteiger partial charge >= 0.3 is 6.18 Å². The van der Waals surface area contributed by atoms with E-state index in [4.69, 9.17) is 4.74 Å². The third-order valence-electron chi connectivity index (χ3n) is 3.51. The summed E-state index contributed by atoms with van der Waals surface area (Å²) < 4.78 is 43.4. The van der Waals surface area contributed by atoms with E-state index in [1.54, 1.807) is 7.05 Å². The largest absolute Gasteiger partial charge is 0.434 e. The third kappa shape index (κ3) is 7.18. The van der Waals surface area contributed by atoms with Crippen molar-refractivity contribution in [3.8, 4) is 0 Å². The minimum Gasteiger partial charge on any atom is -0.374 e. The normalized spacial score (nSPS) is 12.5. The third-order valence-corrected chi connectivity index (χ3v) is 4.36. The van der Waals surface area contributed by atoms with E-state index in [2.05, 4.69) is 20.6 Å². The lowest BCUT2D eigenvalue weighted by molar-refractivity contribution is -0.140. The second-order valence-corrected chi connectivity index (χ2v) is 7.03. The van der Waals surface area contributed by atoms with Gasteiger partial charge in [0.05, 0.1) is 19.3 Å². The van der Waals surface area contributed by atoms with E-state index in [1.807, 2.05) is 38.1 Å². The number of nitrogens with one attached hydrogen (secondary N) is 2. The molecule has 9 heteroatoms. The number of benzene rings is 1. The Balaban J connectivity index is 1.85. The summed E-state index contributed by atoms with van der Waals surface area (Å²) in [6.07, 6.45) is -4.25. The van der Waals surface area contributed by atoms with E-state index >= 15 is 0 Å². The van der Waals surface area contributed by atoms with Crippen molar-refractivity contribution in [2.75, 3.05) is 7.05 Å². The van der Waals surface area contributed by atoms with Crippen molar-refractivity contribution in [3.63, 3.8) is 0 Å². The van der Waals surface area contributed by atoms with Crippen molar-refractivity contribution < 1.29 is 17.9 Å². The molecule has 0 bridgehead atoms. The van der Waals surface area contributed by atoms with E-state index in [1.165, 1.54) is 0 Å². The molecule has 0 fully saturated rings. The zero-order valence-electron chi connectivity index (χ0n) is 15.4. The average Bonchev–Trinajstić information content (AvgIpc) is 3.10. The number of nitrogens with zero attached hydrogens (tertiary/aromatic N) is 2. The highest BCUT2D eigenvalue weighted by atomic mass is 32.1. The van der Waals surface area contributed by atoms with Crippen LogP contribution in [0.25, 0.3) is 0 Å². The number of thiazole rings is 1. The van der Waals surface area contributed by atoms with Gasteiger partial charge in [0, 0.05) is 19.0 Å². The van der Waals surface area contributed by atoms with Gasteiger partial charge in [0.25, 0.3) is 0 Å². The Bertz CT molecular complexity index is 759. The maximum Gasteiger partial charge on any atom is 0.434 e. The van der Waals surface area contributed by atoms with Gasteiger partial charge in [-0.1, -0.05) is 24.3 Å². The lowest BCUT2D eigenvalue weighted by atomic mass is 10.1. The molecule has 0 aliphatic heterocycles. The van der Waals surface area contributed by atoms with Gasteiger partial charge in [-0.25, -0.2) is 4.98 Å². The van der Waals surface area contributed by atoms with Crippen LogP contribution in [-0.4, -0.2) is 24.1 Å². The molecule has 148 valence electrons. The molecule has 2 N–H and O–H groups in total. The highest BCUT2D eigenvalue weighted by Crippen LogP contribution is 2.29. The van der Waals surface area contributed by atoms with Gasteiger partial charge in [0.2, 0.25) is 0 Å². The molecule has 0 atom stereocenters. The molecule has 0 spiro atoms. The molecular formula is C18H23F3N4OS. The van der Waals surface area contributed by atoms with Gasteiger partial charge in [-0.3, -0.25) is 4.99 Å². The van der Waals surface area contributed by atoms with Crippen molar-refractivity contribution in [2.24, 2.45) is 4.99 Å². The first kappa shape index (κ1) is 21.2. The predicted octanol–water partition coefficient (Wildman–Crippen LogP) is 3.95. The molecule has 1 aromatic carbocycles. The lowest BCUT2D eigenvalue weighted by Gasteiger charge is -2.12. The first-order valence-electron chi connectivity index (χ1n) is 8.43. The smallest absolute Gasteiger partial charge is 0.374 e. The molecule has 1 heterocycles. The summed E-state index contributed by atoms with van der Waals surface area (Å²) in [7, 11) is 1.60. The Hall–Kier alpha value is -2.13. The summed E-state index contributed by atoms with van der Waals surface area (Å²) in [5.74, 6) is 0.489. The Morgan fingerprint density at radius 3 is 2.56 bits per heavy atom. The van der Waals surface area contributed by atoms with E-state index in [0.717, 1.165) is 27.8 Å². The van der Waals surface area contributed by atoms with Crippen molar-refractivity contribution >= 4 is 17.3 Å². The maximum atomic E-state index is 12.6. The van der Waals surface area contributed by atoms with Crippen molar-refractivity contribution in [1.82, 2.24) is 15.6 Å². The quantitative estimate of drug-likeness (QED) is 0.546. The Labute approximate surface area is 160 Å². The van der Waals surface area contributed by atoms with Crippen molar-refractivity contribution in [3.05, 3.63) is 51.5 Å². The summed E-state index contributed by atoms with van der Waals surface area (Å²) in [4.78, 5) is 7.67. The van der Waals surface area contributed by atoms with Gasteiger partial charge in [-0.15, -0.1) is 11.3 Å². The number of ether oxygens (including phenoxy) is 1. The number of aliphatic imine (C=N–C) groups is 1. The second-order valence-electron chi connectivity index (χ2n) is 6.08. The van der Waals surface area contributed by atoms with E-state index < -0.39 is 11.9 Å². The van der Waals surface area contributed by atoms with Crippen molar-refractivity contribution in [1.29, 1.82) is 0 Å². The van der Waals surface area contributed by atoms with Crippen LogP contribution < -0.4 is 10.6 Å². The van der Waals surface area contributed by atoms with E-state index in [9.17, 15) is 13.2 Å². The van der Waals surface area contributed by atoms with Crippen LogP contribution in [0, 0.1) is 0 Å². The fourth-order valence-electron chi connectivity index (χ4n) is 2.18. The van der Waals surface area contributed by atoms with Gasteiger partial charge in [0.15, 0.2) is 11.7 Å². The summed E-state index contributed by atoms with van der Waals surface area (Å²) >= 11 is 0.963. The molecule has 2 rings (SSSR count). The van der Waals surface area contributed by atoms with Gasteiger partial charge in [0.1, 0.15) is 5.01 Å². The molecule has 0 unspecified atom stereocenters. The fraction of sp³-hybridized carbons (Fsp3) is 0.444. The average molecular weight is 400 g/mol. The number of aromatic nitrogens is 1. The molecule has 0 amide bonds. The van der Waals surface area contributed by atoms with Crippen LogP contribution >= 0.6 is 11.3 Å². The number of alkyl halides is 3. The molecule has 0 aliphatic rings. The molecule has 0 saturated carbocycles. The van der Waals surface area contributed by atoms with Crippen LogP contribution in [-0.2, 0) is 30.6 Å². The molecule has 27 heavy (non-hydrogen) atoms. The molecule has 0 aliphatic carbocycles. The molecule has 5 nitrogen and oxygen atoms in total. The SMILES string of the molecule is CN=C(NCc1cccc(COC(C)C)c1)NCc1nc(C(F)(F)F)cs1. The number of hydrogen-bond donors (Lipinski definition) is 2. The maximum absolute atomic E-state index is 12.6. The van der Waals surface area contributed by atoms with E-state index in [-0.39, 0.29) is 12.6 Å². The van der Waals surface area contributed by atoms with Crippen molar-refractivity contribution in [2.45, 2.75) is 45.8 Å². The monoisotopic (exact) mass is 400 g/mol. The molecule has 0 radical (unpaired) electrons. The van der Waals surface area contributed by atoms with Crippen LogP contribution in [0.1, 0.15) is 35.7 Å². The van der Waals surface area contributed by atoms with Gasteiger partial charge < -0.3 is 15.4 Å². The first-order valence-corrected chi connectivity index (χ1v) is 9.31. The Morgan fingerprint density at radius 2 is 1.93 bits per heavy atom. The summed E-state index contributed by atoms with van der Waals surface area (Å²) in [5.41, 5.74) is 1.26. The summed E-state index contributed by atoms with van der Waals surface area (Å²) in [5, 5.41) is 7.47. The Morgan fingerprint density at radius 1 is 1.22 bits per heavy atom. The lowest BCUT2D eigenvalue weighted by Crippen LogP contribution is -2.36. The summed E-state index contributed by atoms with van der Waals surface area (Å²) in [6, 6.07) is 7.98. The Kier molecular flexibility index (Phi) is 7.61. The van der Waals surface area contributed by atoms with E-state index in [0.29, 0.717) is 24.1 Å². The van der Waals surface area contributed by atoms with Crippen LogP contribution in [0.3, 0.4) is 0 Å². The van der Waals surface area contributed by atoms with Crippen LogP contribution in [0.15, 0.2) is 34.6 Å². The summed E-state index contributed by atoms with van der Waals surface area (Å²) in [6.45, 7) is 5.22. The predicted molar refractivity (Wildman–Crippen MR) is 101 cm³/mol. The molecular weight excluding hydrogens is 377 g/mol. The first-order chi connectivity index (χ1) is 12.8. The number of rotatable bonds is 7.